The van der Waals surface area contributed by atoms with Crippen LogP contribution in [0.1, 0.15) is 0 Å². The van der Waals surface area contributed by atoms with Crippen LogP contribution >= 0.6 is 0 Å². The second kappa shape index (κ2) is 5.15. The number of rotatable bonds is 0. The van der Waals surface area contributed by atoms with E-state index in [1.807, 2.05) is 0 Å². The molecule has 0 unspecified atom stereocenters. The van der Waals surface area contributed by atoms with Crippen molar-refractivity contribution in [2.75, 3.05) is 0 Å². The van der Waals surface area contributed by atoms with E-state index in [1.165, 1.54) is 0 Å². The third-order valence-electron chi connectivity index (χ3n) is 0. The van der Waals surface area contributed by atoms with Gasteiger partial charge in [-0.25, -0.2) is 0 Å². The van der Waals surface area contributed by atoms with Crippen molar-refractivity contribution in [1.29, 1.82) is 0 Å². The maximum absolute atomic E-state index is 7.33. The molecular formula is H7BBiO4Si. The Labute approximate surface area is 63.0 Å². The van der Waals surface area contributed by atoms with Crippen molar-refractivity contribution < 1.29 is 19.2 Å². The first kappa shape index (κ1) is 15.7. The van der Waals surface area contributed by atoms with Crippen LogP contribution in [0.4, 0.5) is 0 Å². The van der Waals surface area contributed by atoms with Gasteiger partial charge in [0.25, 0.3) is 0 Å². The van der Waals surface area contributed by atoms with Crippen LogP contribution < -0.4 is 0 Å². The minimum atomic E-state index is -4.61. The molecule has 0 fully saturated rings. The standard InChI is InChI=1S/B.Bi.H4O4Si.3H/c;;1-5(2,3)4;;;/h;;1-4H;;;. The summed E-state index contributed by atoms with van der Waals surface area (Å²) in [6, 6.07) is 0. The molecule has 0 heterocycles. The first-order valence-electron chi connectivity index (χ1n) is 0.894. The van der Waals surface area contributed by atoms with Crippen molar-refractivity contribution in [3.05, 3.63) is 0 Å². The zero-order valence-corrected chi connectivity index (χ0v) is 10.1. The summed E-state index contributed by atoms with van der Waals surface area (Å²) in [5, 5.41) is 0. The zero-order chi connectivity index (χ0) is 4.50. The number of hydrogen-bond acceptors (Lipinski definition) is 4. The molecule has 0 aliphatic carbocycles. The molecule has 0 aromatic heterocycles. The Kier molecular flexibility index (Phi) is 11.5. The molecule has 43 valence electrons. The van der Waals surface area contributed by atoms with E-state index in [0.29, 0.717) is 0 Å². The van der Waals surface area contributed by atoms with Gasteiger partial charge in [0.1, 0.15) is 0 Å². The molecule has 0 rings (SSSR count). The van der Waals surface area contributed by atoms with Gasteiger partial charge in [-0.2, -0.15) is 0 Å². The first-order valence-corrected chi connectivity index (χ1v) is 2.68. The van der Waals surface area contributed by atoms with Crippen LogP contribution in [0.15, 0.2) is 0 Å². The predicted molar refractivity (Wildman–Crippen MR) is 30.3 cm³/mol. The summed E-state index contributed by atoms with van der Waals surface area (Å²) in [4.78, 5) is 29.3. The molecular weight excluding hydrogens is 312 g/mol. The van der Waals surface area contributed by atoms with Crippen LogP contribution in [-0.2, 0) is 0 Å². The third-order valence-corrected chi connectivity index (χ3v) is 0. The first-order chi connectivity index (χ1) is 2.00. The Bertz CT molecular complexity index is 27.2. The molecule has 0 atom stereocenters. The van der Waals surface area contributed by atoms with Crippen LogP contribution in [0.5, 0.6) is 0 Å². The van der Waals surface area contributed by atoms with Gasteiger partial charge in [-0.05, 0) is 0 Å². The molecule has 0 aliphatic rings. The fraction of sp³-hybridized carbons (Fsp3) is 0. The molecule has 3 radical (unpaired) electrons. The molecule has 0 saturated carbocycles. The van der Waals surface area contributed by atoms with E-state index in [2.05, 4.69) is 0 Å². The van der Waals surface area contributed by atoms with Gasteiger partial charge in [-0.15, -0.1) is 0 Å². The Balaban J connectivity index is -0.0000000800. The van der Waals surface area contributed by atoms with Gasteiger partial charge < -0.3 is 19.2 Å². The zero-order valence-electron chi connectivity index (χ0n) is 3.57. The van der Waals surface area contributed by atoms with Crippen molar-refractivity contribution in [2.45, 2.75) is 0 Å². The third kappa shape index (κ3) is 174. The van der Waals surface area contributed by atoms with E-state index in [4.69, 9.17) is 19.2 Å². The molecule has 7 heteroatoms. The van der Waals surface area contributed by atoms with E-state index in [-0.39, 0.29) is 34.6 Å². The minimum absolute atomic E-state index is 0. The van der Waals surface area contributed by atoms with Gasteiger partial charge >= 0.3 is 35.3 Å². The quantitative estimate of drug-likeness (QED) is 0.342. The number of hydrogen-bond donors (Lipinski definition) is 4. The van der Waals surface area contributed by atoms with E-state index in [1.54, 1.807) is 0 Å². The maximum atomic E-state index is 7.33. The Hall–Kier alpha value is 1.00. The van der Waals surface area contributed by atoms with Crippen molar-refractivity contribution in [2.24, 2.45) is 0 Å². The summed E-state index contributed by atoms with van der Waals surface area (Å²) in [7, 11) is -4.61. The van der Waals surface area contributed by atoms with E-state index in [0.717, 1.165) is 0 Å². The molecule has 0 aromatic rings. The summed E-state index contributed by atoms with van der Waals surface area (Å²) in [5.74, 6) is 0. The fourth-order valence-electron chi connectivity index (χ4n) is 0. The molecule has 0 saturated heterocycles. The van der Waals surface area contributed by atoms with Crippen LogP contribution in [0.2, 0.25) is 0 Å². The Morgan fingerprint density at radius 3 is 0.857 bits per heavy atom. The van der Waals surface area contributed by atoms with Gasteiger partial charge in [-0.1, -0.05) is 0 Å². The van der Waals surface area contributed by atoms with Crippen LogP contribution in [0.3, 0.4) is 0 Å². The fourth-order valence-corrected chi connectivity index (χ4v) is 0. The molecule has 4 N–H and O–H groups in total. The van der Waals surface area contributed by atoms with Gasteiger partial charge in [-0.3, -0.25) is 0 Å². The molecule has 7 heavy (non-hydrogen) atoms. The topological polar surface area (TPSA) is 80.9 Å². The summed E-state index contributed by atoms with van der Waals surface area (Å²) in [5.41, 5.74) is 0. The predicted octanol–water partition coefficient (Wildman–Crippen LogP) is -4.17. The van der Waals surface area contributed by atoms with E-state index < -0.39 is 9.05 Å². The van der Waals surface area contributed by atoms with Crippen LogP contribution in [0.25, 0.3) is 0 Å². The van der Waals surface area contributed by atoms with Crippen molar-refractivity contribution in [3.63, 3.8) is 0 Å². The van der Waals surface area contributed by atoms with E-state index in [9.17, 15) is 0 Å². The molecule has 4 nitrogen and oxygen atoms in total. The molecule has 0 amide bonds. The van der Waals surface area contributed by atoms with Gasteiger partial charge in [0.15, 0.2) is 0 Å². The molecule has 0 aliphatic heterocycles. The molecule has 0 spiro atoms. The Morgan fingerprint density at radius 1 is 0.857 bits per heavy atom. The second-order valence-corrected chi connectivity index (χ2v) is 1.80. The monoisotopic (exact) mass is 319 g/mol. The molecule has 0 aromatic carbocycles. The Morgan fingerprint density at radius 2 is 0.857 bits per heavy atom. The average Bonchev–Trinajstić information content (AvgIpc) is 0.722. The second-order valence-electron chi connectivity index (χ2n) is 0.600. The average molecular weight is 319 g/mol. The van der Waals surface area contributed by atoms with E-state index >= 15 is 0 Å². The SMILES string of the molecule is O[Si](O)(O)O.[B].[BiH3]. The normalized spacial score (nSPS) is 8.57. The van der Waals surface area contributed by atoms with Gasteiger partial charge in [0, 0.05) is 8.41 Å². The van der Waals surface area contributed by atoms with Crippen molar-refractivity contribution in [1.82, 2.24) is 0 Å². The van der Waals surface area contributed by atoms with Crippen LogP contribution in [-0.4, -0.2) is 62.8 Å². The van der Waals surface area contributed by atoms with Gasteiger partial charge in [0.2, 0.25) is 0 Å². The van der Waals surface area contributed by atoms with Crippen molar-refractivity contribution in [3.8, 4) is 0 Å². The van der Waals surface area contributed by atoms with Gasteiger partial charge in [0.05, 0.1) is 0 Å². The van der Waals surface area contributed by atoms with Crippen LogP contribution in [0, 0.1) is 0 Å². The summed E-state index contributed by atoms with van der Waals surface area (Å²) < 4.78 is 0. The summed E-state index contributed by atoms with van der Waals surface area (Å²) >= 11 is 0. The summed E-state index contributed by atoms with van der Waals surface area (Å²) in [6.45, 7) is 0. The van der Waals surface area contributed by atoms with Crippen molar-refractivity contribution >= 4 is 43.7 Å². The summed E-state index contributed by atoms with van der Waals surface area (Å²) in [6.07, 6.45) is 0. The molecule has 0 bridgehead atoms.